The molecular weight excluding hydrogens is 408 g/mol. The van der Waals surface area contributed by atoms with E-state index in [9.17, 15) is 14.7 Å². The number of methoxy groups -OCH3 is 2. The van der Waals surface area contributed by atoms with Crippen molar-refractivity contribution in [3.63, 3.8) is 0 Å². The van der Waals surface area contributed by atoms with Gasteiger partial charge in [-0.25, -0.2) is 0 Å². The highest BCUT2D eigenvalue weighted by atomic mass is 16.5. The molecule has 0 spiro atoms. The van der Waals surface area contributed by atoms with Crippen LogP contribution in [0, 0.1) is 0 Å². The summed E-state index contributed by atoms with van der Waals surface area (Å²) >= 11 is 0. The maximum atomic E-state index is 13.2. The first kappa shape index (κ1) is 21.5. The Labute approximate surface area is 186 Å². The van der Waals surface area contributed by atoms with E-state index in [0.717, 1.165) is 17.4 Å². The van der Waals surface area contributed by atoms with Gasteiger partial charge in [0.15, 0.2) is 0 Å². The van der Waals surface area contributed by atoms with Crippen molar-refractivity contribution in [2.45, 2.75) is 25.4 Å². The van der Waals surface area contributed by atoms with Gasteiger partial charge in [0.25, 0.3) is 5.91 Å². The van der Waals surface area contributed by atoms with Crippen molar-refractivity contribution in [3.05, 3.63) is 65.7 Å². The third-order valence-electron chi connectivity index (χ3n) is 5.89. The number of carbonyl (C=O) groups is 2. The number of nitrogens with one attached hydrogen (secondary N) is 1. The van der Waals surface area contributed by atoms with Gasteiger partial charge < -0.3 is 24.8 Å². The lowest BCUT2D eigenvalue weighted by Gasteiger charge is -2.25. The van der Waals surface area contributed by atoms with E-state index in [2.05, 4.69) is 5.32 Å². The number of benzene rings is 3. The van der Waals surface area contributed by atoms with Crippen LogP contribution in [0.3, 0.4) is 0 Å². The first-order chi connectivity index (χ1) is 15.5. The molecule has 0 aliphatic carbocycles. The number of rotatable bonds is 6. The topological polar surface area (TPSA) is 88.1 Å². The number of ether oxygens (including phenoxy) is 2. The Kier molecular flexibility index (Phi) is 6.16. The summed E-state index contributed by atoms with van der Waals surface area (Å²) < 4.78 is 10.6. The van der Waals surface area contributed by atoms with Crippen LogP contribution in [0.1, 0.15) is 28.8 Å². The minimum atomic E-state index is -0.586. The zero-order valence-electron chi connectivity index (χ0n) is 18.1. The van der Waals surface area contributed by atoms with Gasteiger partial charge in [-0.2, -0.15) is 0 Å². The Morgan fingerprint density at radius 3 is 2.69 bits per heavy atom. The standard InChI is InChI=1S/C25H26N2O5/c1-31-18-11-9-17(22(14-18)32-2)15-26-24(29)21-8-5-13-27(21)25(30)20-12-10-16-6-3-4-7-19(16)23(20)28/h3-4,6-7,9-12,14,21,28H,5,8,13,15H2,1-2H3,(H,26,29). The normalized spacial score (nSPS) is 15.6. The fourth-order valence-electron chi connectivity index (χ4n) is 4.16. The van der Waals surface area contributed by atoms with Gasteiger partial charge in [-0.3, -0.25) is 9.59 Å². The average Bonchev–Trinajstić information content (AvgIpc) is 3.32. The van der Waals surface area contributed by atoms with Crippen LogP contribution >= 0.6 is 0 Å². The lowest BCUT2D eigenvalue weighted by molar-refractivity contribution is -0.125. The maximum Gasteiger partial charge on any atom is 0.258 e. The molecule has 1 unspecified atom stereocenters. The lowest BCUT2D eigenvalue weighted by atomic mass is 10.0. The second-order valence-corrected chi connectivity index (χ2v) is 7.74. The SMILES string of the molecule is COc1ccc(CNC(=O)C2CCCN2C(=O)c2ccc3ccccc3c2O)c(OC)c1. The van der Waals surface area contributed by atoms with Crippen LogP contribution in [0.4, 0.5) is 0 Å². The zero-order chi connectivity index (χ0) is 22.7. The minimum absolute atomic E-state index is 0.0536. The molecular formula is C25H26N2O5. The Hall–Kier alpha value is -3.74. The summed E-state index contributed by atoms with van der Waals surface area (Å²) in [5.74, 6) is 0.661. The number of hydrogen-bond donors (Lipinski definition) is 2. The number of aromatic hydroxyl groups is 1. The fraction of sp³-hybridized carbons (Fsp3) is 0.280. The van der Waals surface area contributed by atoms with Crippen LogP contribution in [0.15, 0.2) is 54.6 Å². The molecule has 1 atom stereocenters. The molecule has 166 valence electrons. The molecule has 0 bridgehead atoms. The molecule has 32 heavy (non-hydrogen) atoms. The second kappa shape index (κ2) is 9.18. The van der Waals surface area contributed by atoms with Crippen molar-refractivity contribution in [3.8, 4) is 17.2 Å². The molecule has 1 aliphatic heterocycles. The Morgan fingerprint density at radius 1 is 1.09 bits per heavy atom. The van der Waals surface area contributed by atoms with E-state index in [1.165, 1.54) is 0 Å². The van der Waals surface area contributed by atoms with Gasteiger partial charge in [-0.05, 0) is 36.4 Å². The molecule has 1 heterocycles. The van der Waals surface area contributed by atoms with E-state index in [0.29, 0.717) is 29.9 Å². The smallest absolute Gasteiger partial charge is 0.258 e. The molecule has 0 aromatic heterocycles. The highest BCUT2D eigenvalue weighted by Gasteiger charge is 2.35. The van der Waals surface area contributed by atoms with Crippen LogP contribution in [0.2, 0.25) is 0 Å². The summed E-state index contributed by atoms with van der Waals surface area (Å²) in [5, 5.41) is 15.1. The van der Waals surface area contributed by atoms with E-state index in [4.69, 9.17) is 9.47 Å². The second-order valence-electron chi connectivity index (χ2n) is 7.74. The van der Waals surface area contributed by atoms with Crippen molar-refractivity contribution in [2.75, 3.05) is 20.8 Å². The van der Waals surface area contributed by atoms with Crippen molar-refractivity contribution >= 4 is 22.6 Å². The van der Waals surface area contributed by atoms with Gasteiger partial charge in [0.1, 0.15) is 23.3 Å². The summed E-state index contributed by atoms with van der Waals surface area (Å²) in [6.07, 6.45) is 1.30. The van der Waals surface area contributed by atoms with E-state index in [-0.39, 0.29) is 29.7 Å². The predicted molar refractivity (Wildman–Crippen MR) is 121 cm³/mol. The van der Waals surface area contributed by atoms with Gasteiger partial charge in [0.05, 0.1) is 19.8 Å². The number of phenols is 1. The first-order valence-corrected chi connectivity index (χ1v) is 10.5. The van der Waals surface area contributed by atoms with Gasteiger partial charge in [0.2, 0.25) is 5.91 Å². The van der Waals surface area contributed by atoms with E-state index < -0.39 is 6.04 Å². The van der Waals surface area contributed by atoms with E-state index >= 15 is 0 Å². The summed E-state index contributed by atoms with van der Waals surface area (Å²) in [5.41, 5.74) is 1.02. The molecule has 7 nitrogen and oxygen atoms in total. The summed E-state index contributed by atoms with van der Waals surface area (Å²) in [6, 6.07) is 15.6. The number of amides is 2. The first-order valence-electron chi connectivity index (χ1n) is 10.5. The molecule has 0 radical (unpaired) electrons. The van der Waals surface area contributed by atoms with Crippen molar-refractivity contribution < 1.29 is 24.2 Å². The molecule has 2 amide bonds. The number of likely N-dealkylation sites (tertiary alicyclic amines) is 1. The van der Waals surface area contributed by atoms with Gasteiger partial charge >= 0.3 is 0 Å². The molecule has 0 saturated carbocycles. The maximum absolute atomic E-state index is 13.2. The van der Waals surface area contributed by atoms with E-state index in [1.54, 1.807) is 43.4 Å². The summed E-state index contributed by atoms with van der Waals surface area (Å²) in [7, 11) is 3.14. The van der Waals surface area contributed by atoms with Gasteiger partial charge in [-0.15, -0.1) is 0 Å². The molecule has 2 N–H and O–H groups in total. The van der Waals surface area contributed by atoms with Crippen LogP contribution in [0.25, 0.3) is 10.8 Å². The molecule has 7 heteroatoms. The van der Waals surface area contributed by atoms with Gasteiger partial charge in [-0.1, -0.05) is 30.3 Å². The largest absolute Gasteiger partial charge is 0.506 e. The van der Waals surface area contributed by atoms with E-state index in [1.807, 2.05) is 30.3 Å². The molecule has 1 saturated heterocycles. The summed E-state index contributed by atoms with van der Waals surface area (Å²) in [6.45, 7) is 0.737. The quantitative estimate of drug-likeness (QED) is 0.620. The van der Waals surface area contributed by atoms with Crippen molar-refractivity contribution in [2.24, 2.45) is 0 Å². The third-order valence-corrected chi connectivity index (χ3v) is 5.89. The summed E-state index contributed by atoms with van der Waals surface area (Å²) in [4.78, 5) is 27.7. The molecule has 3 aromatic rings. The highest BCUT2D eigenvalue weighted by Crippen LogP contribution is 2.31. The van der Waals surface area contributed by atoms with Crippen molar-refractivity contribution in [1.29, 1.82) is 0 Å². The van der Waals surface area contributed by atoms with Crippen molar-refractivity contribution in [1.82, 2.24) is 10.2 Å². The number of fused-ring (bicyclic) bond motifs is 1. The third kappa shape index (κ3) is 4.06. The highest BCUT2D eigenvalue weighted by molar-refractivity contribution is 6.05. The average molecular weight is 434 g/mol. The van der Waals surface area contributed by atoms with Crippen LogP contribution < -0.4 is 14.8 Å². The number of nitrogens with zero attached hydrogens (tertiary/aromatic N) is 1. The molecule has 1 fully saturated rings. The molecule has 3 aromatic carbocycles. The number of phenolic OH excluding ortho intramolecular Hbond substituents is 1. The fourth-order valence-corrected chi connectivity index (χ4v) is 4.16. The van der Waals surface area contributed by atoms with Gasteiger partial charge in [0, 0.05) is 30.1 Å². The Morgan fingerprint density at radius 2 is 1.91 bits per heavy atom. The number of carbonyl (C=O) groups excluding carboxylic acids is 2. The molecule has 4 rings (SSSR count). The van der Waals surface area contributed by atoms with Crippen LogP contribution in [-0.4, -0.2) is 48.6 Å². The van der Waals surface area contributed by atoms with Crippen LogP contribution in [0.5, 0.6) is 17.2 Å². The lowest BCUT2D eigenvalue weighted by Crippen LogP contribution is -2.45. The predicted octanol–water partition coefficient (Wildman–Crippen LogP) is 3.48. The minimum Gasteiger partial charge on any atom is -0.506 e. The van der Waals surface area contributed by atoms with Crippen LogP contribution in [-0.2, 0) is 11.3 Å². The monoisotopic (exact) mass is 434 g/mol. The zero-order valence-corrected chi connectivity index (χ0v) is 18.1. The molecule has 1 aliphatic rings. The Bertz CT molecular complexity index is 1160. The Balaban J connectivity index is 1.49. The number of hydrogen-bond acceptors (Lipinski definition) is 5.